The van der Waals surface area contributed by atoms with Gasteiger partial charge in [0.1, 0.15) is 12.4 Å². The molecule has 1 fully saturated rings. The molecule has 0 radical (unpaired) electrons. The lowest BCUT2D eigenvalue weighted by molar-refractivity contribution is 0.268. The van der Waals surface area contributed by atoms with Gasteiger partial charge in [-0.3, -0.25) is 4.57 Å². The highest BCUT2D eigenvalue weighted by atomic mass is 16.3. The number of aliphatic hydroxyl groups is 1. The molecule has 4 heteroatoms. The van der Waals surface area contributed by atoms with Crippen LogP contribution in [-0.2, 0) is 6.61 Å². The highest BCUT2D eigenvalue weighted by Crippen LogP contribution is 2.42. The van der Waals surface area contributed by atoms with Gasteiger partial charge in [0.25, 0.3) is 0 Å². The Labute approximate surface area is 106 Å². The van der Waals surface area contributed by atoms with Gasteiger partial charge >= 0.3 is 0 Å². The SMILES string of the molecule is CC(c1nnc(CO)n1-c1ccccc1)C1CC1. The predicted octanol–water partition coefficient (Wildman–Crippen LogP) is 2.27. The average Bonchev–Trinajstić information content (AvgIpc) is 3.17. The molecule has 4 nitrogen and oxygen atoms in total. The molecule has 1 aromatic carbocycles. The summed E-state index contributed by atoms with van der Waals surface area (Å²) in [6, 6.07) is 10.00. The summed E-state index contributed by atoms with van der Waals surface area (Å²) in [6.07, 6.45) is 2.55. The molecular formula is C14H17N3O. The second-order valence-corrected chi connectivity index (χ2v) is 4.93. The fourth-order valence-electron chi connectivity index (χ4n) is 2.39. The number of hydrogen-bond donors (Lipinski definition) is 1. The van der Waals surface area contributed by atoms with Crippen LogP contribution >= 0.6 is 0 Å². The van der Waals surface area contributed by atoms with Crippen molar-refractivity contribution >= 4 is 0 Å². The van der Waals surface area contributed by atoms with E-state index < -0.39 is 0 Å². The average molecular weight is 243 g/mol. The van der Waals surface area contributed by atoms with Gasteiger partial charge in [-0.2, -0.15) is 0 Å². The van der Waals surface area contributed by atoms with E-state index in [1.54, 1.807) is 0 Å². The molecule has 1 N–H and O–H groups in total. The van der Waals surface area contributed by atoms with Crippen molar-refractivity contribution in [2.45, 2.75) is 32.3 Å². The van der Waals surface area contributed by atoms with Crippen molar-refractivity contribution in [3.05, 3.63) is 42.0 Å². The third-order valence-electron chi connectivity index (χ3n) is 3.65. The lowest BCUT2D eigenvalue weighted by Crippen LogP contribution is -2.09. The van der Waals surface area contributed by atoms with Gasteiger partial charge in [-0.25, -0.2) is 0 Å². The van der Waals surface area contributed by atoms with Crippen molar-refractivity contribution in [2.75, 3.05) is 0 Å². The Morgan fingerprint density at radius 1 is 1.28 bits per heavy atom. The molecule has 0 saturated heterocycles. The van der Waals surface area contributed by atoms with E-state index in [9.17, 15) is 5.11 Å². The van der Waals surface area contributed by atoms with Gasteiger partial charge < -0.3 is 5.11 Å². The summed E-state index contributed by atoms with van der Waals surface area (Å²) >= 11 is 0. The maximum atomic E-state index is 9.41. The molecular weight excluding hydrogens is 226 g/mol. The molecule has 94 valence electrons. The molecule has 1 heterocycles. The highest BCUT2D eigenvalue weighted by molar-refractivity contribution is 5.34. The molecule has 0 bridgehead atoms. The first kappa shape index (κ1) is 11.4. The van der Waals surface area contributed by atoms with Crippen LogP contribution in [0, 0.1) is 5.92 Å². The first-order chi connectivity index (χ1) is 8.81. The largest absolute Gasteiger partial charge is 0.388 e. The smallest absolute Gasteiger partial charge is 0.163 e. The summed E-state index contributed by atoms with van der Waals surface area (Å²) in [6.45, 7) is 2.11. The van der Waals surface area contributed by atoms with Crippen LogP contribution in [0.4, 0.5) is 0 Å². The Morgan fingerprint density at radius 2 is 2.00 bits per heavy atom. The summed E-state index contributed by atoms with van der Waals surface area (Å²) in [5, 5.41) is 17.8. The Morgan fingerprint density at radius 3 is 2.61 bits per heavy atom. The third kappa shape index (κ3) is 1.93. The van der Waals surface area contributed by atoms with E-state index >= 15 is 0 Å². The van der Waals surface area contributed by atoms with Crippen molar-refractivity contribution in [2.24, 2.45) is 5.92 Å². The third-order valence-corrected chi connectivity index (χ3v) is 3.65. The molecule has 1 aliphatic carbocycles. The Hall–Kier alpha value is -1.68. The molecule has 3 rings (SSSR count). The zero-order valence-corrected chi connectivity index (χ0v) is 10.5. The minimum absolute atomic E-state index is 0.0840. The number of benzene rings is 1. The molecule has 1 unspecified atom stereocenters. The van der Waals surface area contributed by atoms with Crippen LogP contribution in [0.5, 0.6) is 0 Å². The monoisotopic (exact) mass is 243 g/mol. The Kier molecular flexibility index (Phi) is 2.88. The summed E-state index contributed by atoms with van der Waals surface area (Å²) in [5.41, 5.74) is 1.02. The lowest BCUT2D eigenvalue weighted by Gasteiger charge is -2.13. The fraction of sp³-hybridized carbons (Fsp3) is 0.429. The summed E-state index contributed by atoms with van der Waals surface area (Å²) in [7, 11) is 0. The zero-order valence-electron chi connectivity index (χ0n) is 10.5. The van der Waals surface area contributed by atoms with E-state index in [4.69, 9.17) is 0 Å². The fourth-order valence-corrected chi connectivity index (χ4v) is 2.39. The van der Waals surface area contributed by atoms with Gasteiger partial charge in [0.15, 0.2) is 5.82 Å². The van der Waals surface area contributed by atoms with E-state index in [1.165, 1.54) is 12.8 Å². The zero-order chi connectivity index (χ0) is 12.5. The molecule has 0 aliphatic heterocycles. The number of aliphatic hydroxyl groups excluding tert-OH is 1. The minimum Gasteiger partial charge on any atom is -0.388 e. The van der Waals surface area contributed by atoms with E-state index in [-0.39, 0.29) is 6.61 Å². The van der Waals surface area contributed by atoms with Crippen LogP contribution in [0.2, 0.25) is 0 Å². The van der Waals surface area contributed by atoms with Gasteiger partial charge in [0, 0.05) is 11.6 Å². The standard InChI is InChI=1S/C14H17N3O/c1-10(11-7-8-11)14-16-15-13(9-18)17(14)12-5-3-2-4-6-12/h2-6,10-11,18H,7-9H2,1H3. The minimum atomic E-state index is -0.0840. The van der Waals surface area contributed by atoms with Gasteiger partial charge in [0.05, 0.1) is 0 Å². The second-order valence-electron chi connectivity index (χ2n) is 4.93. The van der Waals surface area contributed by atoms with E-state index in [1.807, 2.05) is 34.9 Å². The molecule has 18 heavy (non-hydrogen) atoms. The van der Waals surface area contributed by atoms with Gasteiger partial charge in [-0.1, -0.05) is 25.1 Å². The summed E-state index contributed by atoms with van der Waals surface area (Å²) in [5.74, 6) is 2.71. The van der Waals surface area contributed by atoms with Crippen LogP contribution in [0.3, 0.4) is 0 Å². The van der Waals surface area contributed by atoms with Crippen molar-refractivity contribution in [3.8, 4) is 5.69 Å². The normalized spacial score (nSPS) is 16.8. The molecule has 2 aromatic rings. The number of hydrogen-bond acceptors (Lipinski definition) is 3. The Bertz CT molecular complexity index is 531. The molecule has 1 saturated carbocycles. The first-order valence-electron chi connectivity index (χ1n) is 6.41. The number of rotatable bonds is 4. The Balaban J connectivity index is 2.07. The summed E-state index contributed by atoms with van der Waals surface area (Å²) in [4.78, 5) is 0. The second kappa shape index (κ2) is 4.53. The van der Waals surface area contributed by atoms with Crippen LogP contribution in [0.25, 0.3) is 5.69 Å². The maximum Gasteiger partial charge on any atom is 0.163 e. The number of aromatic nitrogens is 3. The first-order valence-corrected chi connectivity index (χ1v) is 6.41. The maximum absolute atomic E-state index is 9.41. The number of nitrogens with zero attached hydrogens (tertiary/aromatic N) is 3. The van der Waals surface area contributed by atoms with Crippen LogP contribution in [0.15, 0.2) is 30.3 Å². The molecule has 1 aliphatic rings. The van der Waals surface area contributed by atoms with Crippen molar-refractivity contribution in [1.82, 2.24) is 14.8 Å². The van der Waals surface area contributed by atoms with Crippen molar-refractivity contribution in [1.29, 1.82) is 0 Å². The number of para-hydroxylation sites is 1. The molecule has 1 atom stereocenters. The highest BCUT2D eigenvalue weighted by Gasteiger charge is 2.32. The molecule has 0 amide bonds. The van der Waals surface area contributed by atoms with Crippen molar-refractivity contribution < 1.29 is 5.11 Å². The predicted molar refractivity (Wildman–Crippen MR) is 68.4 cm³/mol. The van der Waals surface area contributed by atoms with Crippen molar-refractivity contribution in [3.63, 3.8) is 0 Å². The van der Waals surface area contributed by atoms with Gasteiger partial charge in [0.2, 0.25) is 0 Å². The van der Waals surface area contributed by atoms with E-state index in [0.717, 1.165) is 17.4 Å². The topological polar surface area (TPSA) is 50.9 Å². The molecule has 1 aromatic heterocycles. The van der Waals surface area contributed by atoms with Crippen LogP contribution < -0.4 is 0 Å². The quantitative estimate of drug-likeness (QED) is 0.896. The van der Waals surface area contributed by atoms with Gasteiger partial charge in [-0.05, 0) is 30.9 Å². The van der Waals surface area contributed by atoms with E-state index in [2.05, 4.69) is 17.1 Å². The molecule has 0 spiro atoms. The van der Waals surface area contributed by atoms with Gasteiger partial charge in [-0.15, -0.1) is 10.2 Å². The van der Waals surface area contributed by atoms with E-state index in [0.29, 0.717) is 11.7 Å². The summed E-state index contributed by atoms with van der Waals surface area (Å²) < 4.78 is 1.99. The lowest BCUT2D eigenvalue weighted by atomic mass is 10.1. The van der Waals surface area contributed by atoms with Crippen LogP contribution in [-0.4, -0.2) is 19.9 Å². The van der Waals surface area contributed by atoms with Crippen LogP contribution in [0.1, 0.15) is 37.3 Å².